The molecule has 42 heteroatoms. The van der Waals surface area contributed by atoms with Crippen molar-refractivity contribution < 1.29 is 86.6 Å². The number of aromatic amines is 2. The van der Waals surface area contributed by atoms with Crippen LogP contribution in [0.4, 0.5) is 0 Å². The van der Waals surface area contributed by atoms with Crippen molar-refractivity contribution in [1.82, 2.24) is 92.6 Å². The van der Waals surface area contributed by atoms with E-state index in [1.165, 1.54) is 47.6 Å². The number of guanidine groups is 1. The Hall–Kier alpha value is -12.6. The molecule has 0 saturated carbocycles. The number of nitrogens with one attached hydrogen (secondary N) is 13. The molecule has 2 aromatic heterocycles. The number of aromatic nitrogens is 3. The van der Waals surface area contributed by atoms with Crippen molar-refractivity contribution in [2.75, 3.05) is 72.5 Å². The highest BCUT2D eigenvalue weighted by atomic mass is 32.2. The van der Waals surface area contributed by atoms with E-state index in [9.17, 15) is 72.2 Å². The van der Waals surface area contributed by atoms with Gasteiger partial charge in [-0.3, -0.25) is 91.9 Å². The van der Waals surface area contributed by atoms with E-state index in [-0.39, 0.29) is 89.6 Å². The van der Waals surface area contributed by atoms with E-state index >= 15 is 14.4 Å². The normalized spacial score (nSPS) is 24.4. The number of nitrogens with zero attached hydrogens (tertiary/aromatic N) is 7. The number of likely N-dealkylation sites (N-methyl/N-ethyl adjacent to an activating group) is 4. The number of aliphatic imine (C=N–C) groups is 1. The summed E-state index contributed by atoms with van der Waals surface area (Å²) in [4.78, 5) is 267. The number of hydrogen-bond donors (Lipinski definition) is 17. The average molecular weight is 1800 g/mol. The number of nitrogens with two attached hydrogens (primary N) is 3. The topological polar surface area (TPSA) is 606 Å². The van der Waals surface area contributed by atoms with Crippen molar-refractivity contribution >= 4 is 135 Å². The number of ketones is 1. The van der Waals surface area contributed by atoms with Crippen LogP contribution in [0, 0.1) is 17.2 Å². The number of allylic oxidation sites excluding steroid dienone is 1. The number of hydrogen-bond acceptors (Lipinski definition) is 22. The van der Waals surface area contributed by atoms with Crippen LogP contribution in [0.2, 0.25) is 0 Å². The summed E-state index contributed by atoms with van der Waals surface area (Å²) >= 11 is 0.797. The van der Waals surface area contributed by atoms with E-state index in [0.29, 0.717) is 65.5 Å². The molecule has 0 aliphatic carbocycles. The second-order valence-electron chi connectivity index (χ2n) is 32.9. The minimum absolute atomic E-state index is 0.00171. The maximum atomic E-state index is 15.4. The van der Waals surface area contributed by atoms with Gasteiger partial charge in [-0.2, -0.15) is 0 Å². The molecule has 7 rings (SSSR count). The maximum Gasteiger partial charge on any atom is 0.246 e. The van der Waals surface area contributed by atoms with Gasteiger partial charge in [-0.15, -0.1) is 11.8 Å². The monoisotopic (exact) mass is 1800 g/mol. The molecule has 0 unspecified atom stereocenters. The van der Waals surface area contributed by atoms with E-state index in [2.05, 4.69) is 73.1 Å². The summed E-state index contributed by atoms with van der Waals surface area (Å²) in [6.45, 7) is 6.11. The number of unbranched alkanes of at least 4 members (excludes halogenated alkanes) is 2. The number of benzene rings is 2. The van der Waals surface area contributed by atoms with Crippen molar-refractivity contribution in [1.29, 1.82) is 5.41 Å². The van der Waals surface area contributed by atoms with Gasteiger partial charge >= 0.3 is 0 Å². The zero-order valence-corrected chi connectivity index (χ0v) is 74.8. The van der Waals surface area contributed by atoms with Crippen LogP contribution in [0.1, 0.15) is 148 Å². The number of thioether (sulfide) groups is 1. The fraction of sp³-hybridized carbons (Fsp3) is 0.558. The highest BCUT2D eigenvalue weighted by Gasteiger charge is 2.44. The third-order valence-electron chi connectivity index (χ3n) is 22.4. The van der Waals surface area contributed by atoms with E-state index in [1.807, 2.05) is 13.8 Å². The second kappa shape index (κ2) is 50.6. The number of aliphatic hydroxyl groups is 1. The van der Waals surface area contributed by atoms with E-state index in [0.717, 1.165) is 36.3 Å². The van der Waals surface area contributed by atoms with Crippen LogP contribution in [0.25, 0.3) is 10.9 Å². The molecule has 0 radical (unpaired) electrons. The molecule has 2 fully saturated rings. The fourth-order valence-electron chi connectivity index (χ4n) is 15.3. The average Bonchev–Trinajstić information content (AvgIpc) is 1.15. The maximum absolute atomic E-state index is 15.4. The van der Waals surface area contributed by atoms with Gasteiger partial charge in [0.15, 0.2) is 11.7 Å². The highest BCUT2D eigenvalue weighted by molar-refractivity contribution is 8.00. The Balaban J connectivity index is 1.28. The number of H-pyrrole nitrogens is 2. The predicted molar refractivity (Wildman–Crippen MR) is 475 cm³/mol. The van der Waals surface area contributed by atoms with Gasteiger partial charge in [0.25, 0.3) is 0 Å². The first-order chi connectivity index (χ1) is 60.9. The lowest BCUT2D eigenvalue weighted by atomic mass is 9.92. The largest absolute Gasteiger partial charge is 0.394 e. The fourth-order valence-corrected chi connectivity index (χ4v) is 16.1. The van der Waals surface area contributed by atoms with E-state index in [4.69, 9.17) is 22.6 Å². The predicted octanol–water partition coefficient (Wildman–Crippen LogP) is -2.02. The number of carbonyl (C=O) groups is 17. The van der Waals surface area contributed by atoms with Gasteiger partial charge in [0.2, 0.25) is 94.5 Å². The Morgan fingerprint density at radius 2 is 1.24 bits per heavy atom. The number of primary amides is 2. The van der Waals surface area contributed by atoms with Crippen LogP contribution in [0.3, 0.4) is 0 Å². The van der Waals surface area contributed by atoms with Gasteiger partial charge in [0.05, 0.1) is 38.2 Å². The summed E-state index contributed by atoms with van der Waals surface area (Å²) in [5.41, 5.74) is 19.3. The SMILES string of the molecule is CCCC[C@H]1C(=O)N(C)[C@@H](CCCC)C(=O)N[C@@H](CCCNC(=N)N)C(=O)N[C@H](C(=O)NCC(N)=O)CSCC(=O)N[C@@H](Cc2ccccc2)C(=O)N(C)[C@@H](C)C(=O)N[C@@H](CC(N)=O)C(=O)N2CCC[C@H]2C(=O)N[C@@H](Cc2cnc[nH]2)C(=O)N[C@@H](CC(C)C)C(=O)N(C)CC(=O)C[C@@H](Cc2c[nH]c3ccccc23)C(=O)N[C@@H](CO)C(=O)N[C@@H](CC2=CCC=N2)C(=O)N1C. The molecule has 698 valence electrons. The number of fused-ring (bicyclic) bond motifs is 2. The third kappa shape index (κ3) is 30.9. The molecule has 41 nitrogen and oxygen atoms in total. The molecular weight excluding hydrogens is 1680 g/mol. The van der Waals surface area contributed by atoms with Crippen LogP contribution < -0.4 is 70.4 Å². The van der Waals surface area contributed by atoms with Gasteiger partial charge in [0, 0.05) is 126 Å². The minimum atomic E-state index is -1.79. The van der Waals surface area contributed by atoms with Crippen LogP contribution in [-0.2, 0) is 101 Å². The van der Waals surface area contributed by atoms with Gasteiger partial charge in [-0.1, -0.05) is 108 Å². The van der Waals surface area contributed by atoms with Gasteiger partial charge in [-0.25, -0.2) is 4.98 Å². The molecule has 3 aliphatic rings. The molecule has 16 amide bonds. The molecule has 4 aromatic rings. The van der Waals surface area contributed by atoms with Crippen LogP contribution in [0.5, 0.6) is 0 Å². The number of aliphatic hydroxyl groups excluding tert-OH is 1. The second-order valence-corrected chi connectivity index (χ2v) is 33.9. The van der Waals surface area contributed by atoms with Gasteiger partial charge in [0.1, 0.15) is 72.5 Å². The first kappa shape index (κ1) is 102. The summed E-state index contributed by atoms with van der Waals surface area (Å²) in [6.07, 6.45) is 7.75. The number of amides is 16. The van der Waals surface area contributed by atoms with Crippen molar-refractivity contribution in [2.24, 2.45) is 34.0 Å². The Morgan fingerprint density at radius 3 is 1.89 bits per heavy atom. The van der Waals surface area contributed by atoms with Gasteiger partial charge in [-0.05, 0) is 81.4 Å². The van der Waals surface area contributed by atoms with Crippen LogP contribution in [-0.4, -0.2) is 302 Å². The third-order valence-corrected chi connectivity index (χ3v) is 23.5. The molecule has 0 spiro atoms. The summed E-state index contributed by atoms with van der Waals surface area (Å²) in [6, 6.07) is -2.33. The molecule has 2 saturated heterocycles. The number of imidazole rings is 1. The number of para-hydroxylation sites is 1. The Kier molecular flexibility index (Phi) is 40.5. The number of carbonyl (C=O) groups excluding carboxylic acids is 17. The Morgan fingerprint density at radius 1 is 0.617 bits per heavy atom. The Bertz CT molecular complexity index is 4640. The first-order valence-electron chi connectivity index (χ1n) is 43.1. The first-order valence-corrected chi connectivity index (χ1v) is 44.3. The quantitative estimate of drug-likeness (QED) is 0.0183. The van der Waals surface area contributed by atoms with Gasteiger partial charge < -0.3 is 110 Å². The summed E-state index contributed by atoms with van der Waals surface area (Å²) < 4.78 is 0. The molecule has 128 heavy (non-hydrogen) atoms. The zero-order chi connectivity index (χ0) is 94.0. The summed E-state index contributed by atoms with van der Waals surface area (Å²) in [5.74, 6) is -17.9. The standard InChI is InChI=1S/C86H125N23O18S/c1-10-12-28-67-79(121)98-59(27-20-32-93-86(89)90)76(118)104-66(75(117)95-43-71(88)113)46-128-47-72(114)97-62(35-51-22-15-14-16-23-51)82(124)106(7)50(5)73(115)100-64(40-70(87)112)84(126)109-33-21-30-68(109)80(122)99-60(39-55-42-91-48-96-55)77(119)101-61(34-49(3)4)81(123)105(6)44-56(111)37-52(36-53-41-94-58-26-18-17-25-57(53)58)74(116)103-65(45-110)78(120)102-63(38-54-24-19-31-92-54)83(125)108(9)69(29-13-11-2)85(127)107(67)8/h14-18,22-26,31,41-42,48-50,52,59-69,94,110H,10-13,19-21,27-30,32-40,43-47H2,1-9H3,(H2,87,112)(H2,88,113)(H,91,96)(H,95,117)(H,97,114)(H,98,121)(H,99,122)(H,100,115)(H,101,119)(H,102,120)(H,103,116)(H,104,118)(H4,89,90,93)/t50-,52+,59-,60-,61-,62-,63-,64-,65-,66-,67-,68-,69-/m0/s1. The van der Waals surface area contributed by atoms with Crippen LogP contribution in [0.15, 0.2) is 90.1 Å². The Labute approximate surface area is 747 Å². The molecular formula is C86H125N23O18S. The molecule has 13 atom stereocenters. The van der Waals surface area contributed by atoms with Crippen molar-refractivity contribution in [3.8, 4) is 0 Å². The van der Waals surface area contributed by atoms with Crippen molar-refractivity contribution in [3.63, 3.8) is 0 Å². The molecule has 2 aromatic carbocycles. The van der Waals surface area contributed by atoms with Crippen molar-refractivity contribution in [3.05, 3.63) is 102 Å². The molecule has 0 bridgehead atoms. The lowest BCUT2D eigenvalue weighted by molar-refractivity contribution is -0.149. The highest BCUT2D eigenvalue weighted by Crippen LogP contribution is 2.27. The molecule has 3 aliphatic heterocycles. The molecule has 5 heterocycles. The van der Waals surface area contributed by atoms with E-state index in [1.54, 1.807) is 86.9 Å². The van der Waals surface area contributed by atoms with Crippen LogP contribution >= 0.6 is 11.8 Å². The summed E-state index contributed by atoms with van der Waals surface area (Å²) in [7, 11) is 5.28. The lowest BCUT2D eigenvalue weighted by Gasteiger charge is -2.36. The molecule has 20 N–H and O–H groups in total. The number of rotatable bonds is 26. The minimum Gasteiger partial charge on any atom is -0.394 e. The smallest absolute Gasteiger partial charge is 0.246 e. The van der Waals surface area contributed by atoms with E-state index < -0.39 is 229 Å². The number of Topliss-reactive ketones (excluding diaryl/α,β-unsaturated/α-hetero) is 1. The summed E-state index contributed by atoms with van der Waals surface area (Å²) in [5, 5.41) is 45.9. The lowest BCUT2D eigenvalue weighted by Crippen LogP contribution is -2.60. The van der Waals surface area contributed by atoms with Crippen molar-refractivity contribution in [2.45, 2.75) is 223 Å². The zero-order valence-electron chi connectivity index (χ0n) is 74.0.